The number of aromatic nitrogens is 3. The predicted octanol–water partition coefficient (Wildman–Crippen LogP) is 4.12. The van der Waals surface area contributed by atoms with Gasteiger partial charge in [-0.05, 0) is 48.0 Å². The number of carbonyl (C=O) groups is 1. The highest BCUT2D eigenvalue weighted by atomic mass is 79.9. The van der Waals surface area contributed by atoms with Crippen molar-refractivity contribution in [2.75, 3.05) is 5.75 Å². The van der Waals surface area contributed by atoms with Crippen LogP contribution >= 0.6 is 39.3 Å². The fourth-order valence-corrected chi connectivity index (χ4v) is 3.01. The van der Waals surface area contributed by atoms with Gasteiger partial charge in [-0.15, -0.1) is 10.2 Å². The van der Waals surface area contributed by atoms with E-state index in [-0.39, 0.29) is 11.8 Å². The van der Waals surface area contributed by atoms with Crippen molar-refractivity contribution in [2.45, 2.75) is 25.0 Å². The van der Waals surface area contributed by atoms with Gasteiger partial charge in [-0.3, -0.25) is 9.36 Å². The van der Waals surface area contributed by atoms with E-state index < -0.39 is 5.97 Å². The maximum atomic E-state index is 10.7. The summed E-state index contributed by atoms with van der Waals surface area (Å²) in [7, 11) is 0. The molecule has 0 spiro atoms. The second-order valence-electron chi connectivity index (χ2n) is 4.58. The molecule has 0 fully saturated rings. The van der Waals surface area contributed by atoms with Crippen molar-refractivity contribution < 1.29 is 9.90 Å². The van der Waals surface area contributed by atoms with Crippen LogP contribution in [0, 0.1) is 0 Å². The van der Waals surface area contributed by atoms with Crippen LogP contribution < -0.4 is 0 Å². The molecule has 21 heavy (non-hydrogen) atoms. The fraction of sp³-hybridized carbons (Fsp3) is 0.308. The molecule has 2 rings (SSSR count). The number of hydrogen-bond donors (Lipinski definition) is 1. The van der Waals surface area contributed by atoms with E-state index in [1.165, 1.54) is 0 Å². The van der Waals surface area contributed by atoms with E-state index in [1.54, 1.807) is 6.07 Å². The van der Waals surface area contributed by atoms with Gasteiger partial charge in [0.25, 0.3) is 0 Å². The number of aliphatic carboxylic acids is 1. The van der Waals surface area contributed by atoms with Crippen LogP contribution in [0.1, 0.15) is 19.9 Å². The first kappa shape index (κ1) is 16.3. The Labute approximate surface area is 139 Å². The van der Waals surface area contributed by atoms with Gasteiger partial charge in [0.15, 0.2) is 11.0 Å². The lowest BCUT2D eigenvalue weighted by atomic mass is 10.2. The van der Waals surface area contributed by atoms with E-state index >= 15 is 0 Å². The van der Waals surface area contributed by atoms with Gasteiger partial charge in [0, 0.05) is 16.1 Å². The zero-order valence-electron chi connectivity index (χ0n) is 11.4. The second-order valence-corrected chi connectivity index (χ2v) is 6.79. The van der Waals surface area contributed by atoms with Crippen LogP contribution in [0.15, 0.2) is 27.8 Å². The minimum absolute atomic E-state index is 0.0497. The Balaban J connectivity index is 2.43. The first-order valence-electron chi connectivity index (χ1n) is 6.15. The molecule has 0 aliphatic heterocycles. The van der Waals surface area contributed by atoms with Crippen LogP contribution in [-0.4, -0.2) is 31.6 Å². The Morgan fingerprint density at radius 1 is 1.48 bits per heavy atom. The Bertz CT molecular complexity index is 675. The van der Waals surface area contributed by atoms with Crippen LogP contribution in [0.5, 0.6) is 0 Å². The number of hydrogen-bond acceptors (Lipinski definition) is 4. The molecule has 0 saturated carbocycles. The summed E-state index contributed by atoms with van der Waals surface area (Å²) in [6.07, 6.45) is 0. The van der Waals surface area contributed by atoms with E-state index in [4.69, 9.17) is 16.7 Å². The Hall–Kier alpha value is -1.05. The molecule has 1 aromatic heterocycles. The summed E-state index contributed by atoms with van der Waals surface area (Å²) in [5.74, 6) is -0.259. The molecule has 0 radical (unpaired) electrons. The first-order chi connectivity index (χ1) is 9.90. The third-order valence-electron chi connectivity index (χ3n) is 2.68. The van der Waals surface area contributed by atoms with E-state index in [1.807, 2.05) is 30.5 Å². The fourth-order valence-electron chi connectivity index (χ4n) is 1.80. The van der Waals surface area contributed by atoms with Crippen LogP contribution in [0.4, 0.5) is 0 Å². The Kier molecular flexibility index (Phi) is 5.29. The highest BCUT2D eigenvalue weighted by Gasteiger charge is 2.18. The van der Waals surface area contributed by atoms with Gasteiger partial charge in [0.05, 0.1) is 10.8 Å². The molecule has 8 heteroatoms. The van der Waals surface area contributed by atoms with Crippen molar-refractivity contribution in [2.24, 2.45) is 0 Å². The third kappa shape index (κ3) is 3.78. The number of rotatable bonds is 5. The number of benzene rings is 1. The van der Waals surface area contributed by atoms with E-state index in [9.17, 15) is 4.79 Å². The van der Waals surface area contributed by atoms with Crippen LogP contribution in [0.2, 0.25) is 5.02 Å². The summed E-state index contributed by atoms with van der Waals surface area (Å²) in [5.41, 5.74) is 0.839. The number of carboxylic acids is 1. The van der Waals surface area contributed by atoms with E-state index in [0.29, 0.717) is 16.0 Å². The molecular weight excluding hydrogens is 378 g/mol. The largest absolute Gasteiger partial charge is 0.481 e. The molecule has 1 N–H and O–H groups in total. The minimum atomic E-state index is -0.883. The molecule has 0 amide bonds. The van der Waals surface area contributed by atoms with Gasteiger partial charge < -0.3 is 5.11 Å². The molecule has 2 aromatic rings. The van der Waals surface area contributed by atoms with Gasteiger partial charge in [0.2, 0.25) is 0 Å². The average Bonchev–Trinajstić information content (AvgIpc) is 2.83. The molecule has 0 bridgehead atoms. The normalized spacial score (nSPS) is 11.1. The van der Waals surface area contributed by atoms with Gasteiger partial charge in [0.1, 0.15) is 0 Å². The SMILES string of the molecule is CC(C)n1c(SCC(=O)O)nnc1-c1ccc(Br)c(Cl)c1. The number of halogens is 2. The number of carboxylic acid groups (broad SMARTS) is 1. The van der Waals surface area contributed by atoms with Crippen molar-refractivity contribution in [1.29, 1.82) is 0 Å². The maximum absolute atomic E-state index is 10.7. The van der Waals surface area contributed by atoms with E-state index in [2.05, 4.69) is 26.1 Å². The standard InChI is InChI=1S/C13H13BrClN3O2S/c1-7(2)18-12(8-3-4-9(14)10(15)5-8)16-17-13(18)21-6-11(19)20/h3-5,7H,6H2,1-2H3,(H,19,20). The second kappa shape index (κ2) is 6.81. The number of thioether (sulfide) groups is 1. The monoisotopic (exact) mass is 389 g/mol. The number of nitrogens with zero attached hydrogens (tertiary/aromatic N) is 3. The molecule has 0 saturated heterocycles. The summed E-state index contributed by atoms with van der Waals surface area (Å²) < 4.78 is 2.72. The van der Waals surface area contributed by atoms with Crippen LogP contribution in [-0.2, 0) is 4.79 Å². The van der Waals surface area contributed by atoms with Crippen molar-refractivity contribution in [1.82, 2.24) is 14.8 Å². The van der Waals surface area contributed by atoms with Gasteiger partial charge >= 0.3 is 5.97 Å². The first-order valence-corrected chi connectivity index (χ1v) is 8.30. The molecular formula is C13H13BrClN3O2S. The van der Waals surface area contributed by atoms with Gasteiger partial charge in [-0.25, -0.2) is 0 Å². The Morgan fingerprint density at radius 2 is 2.19 bits per heavy atom. The summed E-state index contributed by atoms with van der Waals surface area (Å²) in [6, 6.07) is 5.65. The molecule has 0 aliphatic carbocycles. The topological polar surface area (TPSA) is 68.0 Å². The molecule has 0 unspecified atom stereocenters. The highest BCUT2D eigenvalue weighted by molar-refractivity contribution is 9.10. The summed E-state index contributed by atoms with van der Waals surface area (Å²) in [4.78, 5) is 10.7. The zero-order valence-corrected chi connectivity index (χ0v) is 14.5. The molecule has 1 aromatic carbocycles. The van der Waals surface area contributed by atoms with Gasteiger partial charge in [-0.1, -0.05) is 23.4 Å². The average molecular weight is 391 g/mol. The smallest absolute Gasteiger partial charge is 0.313 e. The highest BCUT2D eigenvalue weighted by Crippen LogP contribution is 2.31. The van der Waals surface area contributed by atoms with Crippen LogP contribution in [0.3, 0.4) is 0 Å². The molecule has 112 valence electrons. The zero-order chi connectivity index (χ0) is 15.6. The predicted molar refractivity (Wildman–Crippen MR) is 86.9 cm³/mol. The molecule has 5 nitrogen and oxygen atoms in total. The van der Waals surface area contributed by atoms with Crippen molar-refractivity contribution in [3.05, 3.63) is 27.7 Å². The quantitative estimate of drug-likeness (QED) is 0.778. The minimum Gasteiger partial charge on any atom is -0.481 e. The Morgan fingerprint density at radius 3 is 2.76 bits per heavy atom. The maximum Gasteiger partial charge on any atom is 0.313 e. The third-order valence-corrected chi connectivity index (χ3v) is 4.84. The lowest BCUT2D eigenvalue weighted by Gasteiger charge is -2.13. The molecule has 0 aliphatic rings. The lowest BCUT2D eigenvalue weighted by molar-refractivity contribution is -0.133. The summed E-state index contributed by atoms with van der Waals surface area (Å²) >= 11 is 10.6. The lowest BCUT2D eigenvalue weighted by Crippen LogP contribution is -2.07. The summed E-state index contributed by atoms with van der Waals surface area (Å²) in [6.45, 7) is 4.00. The van der Waals surface area contributed by atoms with Crippen LogP contribution in [0.25, 0.3) is 11.4 Å². The molecule has 0 atom stereocenters. The van der Waals surface area contributed by atoms with Crippen molar-refractivity contribution >= 4 is 45.3 Å². The van der Waals surface area contributed by atoms with Crippen molar-refractivity contribution in [3.8, 4) is 11.4 Å². The van der Waals surface area contributed by atoms with Crippen molar-refractivity contribution in [3.63, 3.8) is 0 Å². The van der Waals surface area contributed by atoms with E-state index in [0.717, 1.165) is 21.8 Å². The summed E-state index contributed by atoms with van der Waals surface area (Å²) in [5, 5.41) is 18.2. The van der Waals surface area contributed by atoms with Gasteiger partial charge in [-0.2, -0.15) is 0 Å². The molecule has 1 heterocycles.